The fourth-order valence-corrected chi connectivity index (χ4v) is 1.53. The first-order valence-corrected chi connectivity index (χ1v) is 4.82. The Hall–Kier alpha value is -0.860. The maximum Gasteiger partial charge on any atom is 0.0857 e. The summed E-state index contributed by atoms with van der Waals surface area (Å²) in [5, 5.41) is 8.30. The summed E-state index contributed by atoms with van der Waals surface area (Å²) >= 11 is 0. The molecule has 0 radical (unpaired) electrons. The predicted molar refractivity (Wildman–Crippen MR) is 44.7 cm³/mol. The number of aromatic nitrogens is 3. The summed E-state index contributed by atoms with van der Waals surface area (Å²) in [5.74, 6) is 1.65. The minimum Gasteiger partial charge on any atom is -0.252 e. The van der Waals surface area contributed by atoms with E-state index in [0.29, 0.717) is 0 Å². The Morgan fingerprint density at radius 2 is 2.17 bits per heavy atom. The highest BCUT2D eigenvalue weighted by Gasteiger charge is 2.27. The zero-order valence-electron chi connectivity index (χ0n) is 7.11. The lowest BCUT2D eigenvalue weighted by molar-refractivity contribution is 0.544. The molecule has 0 unspecified atom stereocenters. The summed E-state index contributed by atoms with van der Waals surface area (Å²) in [5.41, 5.74) is 1.22. The van der Waals surface area contributed by atoms with Crippen LogP contribution in [0.15, 0.2) is 6.20 Å². The molecule has 3 rings (SSSR count). The SMILES string of the molecule is c1c(C2CC2)nnn1CC1CC1. The van der Waals surface area contributed by atoms with Gasteiger partial charge < -0.3 is 0 Å². The summed E-state index contributed by atoms with van der Waals surface area (Å²) in [7, 11) is 0. The van der Waals surface area contributed by atoms with Gasteiger partial charge in [-0.1, -0.05) is 5.21 Å². The standard InChI is InChI=1S/C9H13N3/c1-2-7(1)5-12-6-9(10-11-12)8-3-4-8/h6-8H,1-5H2. The van der Waals surface area contributed by atoms with Crippen LogP contribution in [-0.4, -0.2) is 15.0 Å². The molecule has 12 heavy (non-hydrogen) atoms. The average molecular weight is 163 g/mol. The van der Waals surface area contributed by atoms with Gasteiger partial charge in [0.15, 0.2) is 0 Å². The quantitative estimate of drug-likeness (QED) is 0.677. The molecular weight excluding hydrogens is 150 g/mol. The Kier molecular flexibility index (Phi) is 1.28. The second-order valence-electron chi connectivity index (χ2n) is 4.08. The lowest BCUT2D eigenvalue weighted by Crippen LogP contribution is -1.99. The fraction of sp³-hybridized carbons (Fsp3) is 0.778. The lowest BCUT2D eigenvalue weighted by Gasteiger charge is -1.93. The van der Waals surface area contributed by atoms with E-state index in [2.05, 4.69) is 16.5 Å². The summed E-state index contributed by atoms with van der Waals surface area (Å²) in [6, 6.07) is 0. The van der Waals surface area contributed by atoms with Gasteiger partial charge in [0, 0.05) is 18.7 Å². The molecule has 64 valence electrons. The second kappa shape index (κ2) is 2.31. The summed E-state index contributed by atoms with van der Waals surface area (Å²) < 4.78 is 2.02. The second-order valence-corrected chi connectivity index (χ2v) is 4.08. The molecule has 2 fully saturated rings. The third-order valence-electron chi connectivity index (χ3n) is 2.69. The zero-order chi connectivity index (χ0) is 7.97. The molecule has 3 heteroatoms. The largest absolute Gasteiger partial charge is 0.252 e. The first-order chi connectivity index (χ1) is 5.92. The minimum atomic E-state index is 0.748. The van der Waals surface area contributed by atoms with Gasteiger partial charge in [0.2, 0.25) is 0 Å². The molecular formula is C9H13N3. The van der Waals surface area contributed by atoms with Gasteiger partial charge in [-0.05, 0) is 31.6 Å². The Balaban J connectivity index is 1.72. The highest BCUT2D eigenvalue weighted by molar-refractivity contribution is 5.08. The molecule has 0 saturated heterocycles. The van der Waals surface area contributed by atoms with E-state index < -0.39 is 0 Å². The maximum atomic E-state index is 4.17. The van der Waals surface area contributed by atoms with Crippen LogP contribution < -0.4 is 0 Å². The minimum absolute atomic E-state index is 0.748. The number of nitrogens with zero attached hydrogens (tertiary/aromatic N) is 3. The van der Waals surface area contributed by atoms with Crippen molar-refractivity contribution in [2.75, 3.05) is 0 Å². The van der Waals surface area contributed by atoms with Crippen molar-refractivity contribution in [1.82, 2.24) is 15.0 Å². The molecule has 0 atom stereocenters. The van der Waals surface area contributed by atoms with Crippen molar-refractivity contribution in [3.63, 3.8) is 0 Å². The molecule has 2 saturated carbocycles. The topological polar surface area (TPSA) is 30.7 Å². The lowest BCUT2D eigenvalue weighted by atomic mass is 10.3. The van der Waals surface area contributed by atoms with Gasteiger partial charge in [-0.2, -0.15) is 0 Å². The highest BCUT2D eigenvalue weighted by Crippen LogP contribution is 2.38. The van der Waals surface area contributed by atoms with E-state index in [1.165, 1.54) is 31.4 Å². The van der Waals surface area contributed by atoms with Crippen molar-refractivity contribution in [2.24, 2.45) is 5.92 Å². The van der Waals surface area contributed by atoms with Crippen LogP contribution in [0.3, 0.4) is 0 Å². The molecule has 0 amide bonds. The van der Waals surface area contributed by atoms with Crippen molar-refractivity contribution >= 4 is 0 Å². The molecule has 0 spiro atoms. The molecule has 1 aromatic rings. The maximum absolute atomic E-state index is 4.17. The molecule has 1 aromatic heterocycles. The summed E-state index contributed by atoms with van der Waals surface area (Å²) in [6.07, 6.45) is 7.55. The molecule has 0 bridgehead atoms. The third-order valence-corrected chi connectivity index (χ3v) is 2.69. The van der Waals surface area contributed by atoms with Gasteiger partial charge in [-0.3, -0.25) is 4.68 Å². The monoisotopic (exact) mass is 163 g/mol. The smallest absolute Gasteiger partial charge is 0.0857 e. The summed E-state index contributed by atoms with van der Waals surface area (Å²) in [4.78, 5) is 0. The molecule has 1 heterocycles. The van der Waals surface area contributed by atoms with Gasteiger partial charge >= 0.3 is 0 Å². The Labute approximate surface area is 71.8 Å². The third kappa shape index (κ3) is 1.24. The normalized spacial score (nSPS) is 23.0. The van der Waals surface area contributed by atoms with E-state index in [9.17, 15) is 0 Å². The Morgan fingerprint density at radius 3 is 2.83 bits per heavy atom. The van der Waals surface area contributed by atoms with Crippen molar-refractivity contribution < 1.29 is 0 Å². The zero-order valence-corrected chi connectivity index (χ0v) is 7.11. The Bertz CT molecular complexity index is 284. The van der Waals surface area contributed by atoms with Crippen molar-refractivity contribution in [3.05, 3.63) is 11.9 Å². The average Bonchev–Trinajstić information content (AvgIpc) is 2.92. The highest BCUT2D eigenvalue weighted by atomic mass is 15.4. The van der Waals surface area contributed by atoms with Crippen LogP contribution in [0.2, 0.25) is 0 Å². The van der Waals surface area contributed by atoms with E-state index in [1.807, 2.05) is 4.68 Å². The van der Waals surface area contributed by atoms with Crippen molar-refractivity contribution in [1.29, 1.82) is 0 Å². The first kappa shape index (κ1) is 6.63. The van der Waals surface area contributed by atoms with Crippen molar-refractivity contribution in [2.45, 2.75) is 38.1 Å². The molecule has 0 aliphatic heterocycles. The van der Waals surface area contributed by atoms with E-state index in [1.54, 1.807) is 0 Å². The first-order valence-electron chi connectivity index (χ1n) is 4.82. The number of hydrogen-bond acceptors (Lipinski definition) is 2. The van der Waals surface area contributed by atoms with Crippen LogP contribution in [0.25, 0.3) is 0 Å². The van der Waals surface area contributed by atoms with Gasteiger partial charge in [-0.15, -0.1) is 5.10 Å². The Morgan fingerprint density at radius 1 is 1.33 bits per heavy atom. The van der Waals surface area contributed by atoms with E-state index in [-0.39, 0.29) is 0 Å². The van der Waals surface area contributed by atoms with Gasteiger partial charge in [-0.25, -0.2) is 0 Å². The van der Waals surface area contributed by atoms with Gasteiger partial charge in [0.25, 0.3) is 0 Å². The van der Waals surface area contributed by atoms with E-state index >= 15 is 0 Å². The van der Waals surface area contributed by atoms with Crippen molar-refractivity contribution in [3.8, 4) is 0 Å². The number of rotatable bonds is 3. The van der Waals surface area contributed by atoms with Crippen LogP contribution in [0, 0.1) is 5.92 Å². The van der Waals surface area contributed by atoms with Crippen LogP contribution in [-0.2, 0) is 6.54 Å². The van der Waals surface area contributed by atoms with E-state index in [4.69, 9.17) is 0 Å². The molecule has 0 N–H and O–H groups in total. The van der Waals surface area contributed by atoms with Crippen LogP contribution in [0.4, 0.5) is 0 Å². The fourth-order valence-electron chi connectivity index (χ4n) is 1.53. The predicted octanol–water partition coefficient (Wildman–Crippen LogP) is 1.57. The molecule has 2 aliphatic carbocycles. The summed E-state index contributed by atoms with van der Waals surface area (Å²) in [6.45, 7) is 1.10. The van der Waals surface area contributed by atoms with Crippen LogP contribution in [0.5, 0.6) is 0 Å². The van der Waals surface area contributed by atoms with Crippen LogP contribution in [0.1, 0.15) is 37.3 Å². The molecule has 0 aromatic carbocycles. The van der Waals surface area contributed by atoms with Gasteiger partial charge in [0.1, 0.15) is 0 Å². The van der Waals surface area contributed by atoms with Gasteiger partial charge in [0.05, 0.1) is 5.69 Å². The molecule has 2 aliphatic rings. The van der Waals surface area contributed by atoms with E-state index in [0.717, 1.165) is 18.4 Å². The van der Waals surface area contributed by atoms with Crippen LogP contribution >= 0.6 is 0 Å². The molecule has 3 nitrogen and oxygen atoms in total. The number of hydrogen-bond donors (Lipinski definition) is 0.